The first-order valence-electron chi connectivity index (χ1n) is 11.6. The molecule has 0 radical (unpaired) electrons. The fraction of sp³-hybridized carbons (Fsp3) is 0.192. The van der Waals surface area contributed by atoms with Gasteiger partial charge in [-0.15, -0.1) is 5.10 Å². The van der Waals surface area contributed by atoms with E-state index in [1.54, 1.807) is 36.0 Å². The number of H-pyrrole nitrogens is 1. The van der Waals surface area contributed by atoms with Crippen LogP contribution in [-0.2, 0) is 0 Å². The number of nitrogens with zero attached hydrogens (tertiary/aromatic N) is 6. The lowest BCUT2D eigenvalue weighted by atomic mass is 10.0. The predicted molar refractivity (Wildman–Crippen MR) is 132 cm³/mol. The van der Waals surface area contributed by atoms with Gasteiger partial charge < -0.3 is 9.55 Å². The maximum Gasteiger partial charge on any atom is 0.252 e. The Balaban J connectivity index is 1.30. The molecule has 5 aromatic rings. The minimum absolute atomic E-state index is 0.110. The number of hydrogen-bond acceptors (Lipinski definition) is 5. The van der Waals surface area contributed by atoms with Gasteiger partial charge in [0, 0.05) is 33.8 Å². The number of benzene rings is 2. The van der Waals surface area contributed by atoms with Gasteiger partial charge >= 0.3 is 0 Å². The SMILES string of the molecule is Cc1ccc(-c2cnc(C3C4CC4c4cc(-c5cc(Cl)ccc5-n5cnnn5)cc(=O)n43)[nH]2)cc1F. The van der Waals surface area contributed by atoms with Crippen LogP contribution < -0.4 is 5.56 Å². The number of fused-ring (bicyclic) bond motifs is 3. The van der Waals surface area contributed by atoms with Gasteiger partial charge in [-0.25, -0.2) is 9.37 Å². The van der Waals surface area contributed by atoms with E-state index in [0.29, 0.717) is 22.3 Å². The molecule has 1 aliphatic carbocycles. The topological polar surface area (TPSA) is 94.3 Å². The summed E-state index contributed by atoms with van der Waals surface area (Å²) in [6.07, 6.45) is 4.20. The van der Waals surface area contributed by atoms with Crippen molar-refractivity contribution >= 4 is 11.6 Å². The van der Waals surface area contributed by atoms with Crippen LogP contribution in [0.25, 0.3) is 28.1 Å². The van der Waals surface area contributed by atoms with E-state index in [2.05, 4.69) is 31.6 Å². The number of rotatable bonds is 4. The van der Waals surface area contributed by atoms with Crippen LogP contribution in [0.1, 0.15) is 35.5 Å². The molecular formula is C26H19ClFN7O. The molecule has 3 aromatic heterocycles. The summed E-state index contributed by atoms with van der Waals surface area (Å²) in [6.45, 7) is 1.73. The second-order valence-electron chi connectivity index (χ2n) is 9.39. The molecule has 2 aliphatic rings. The van der Waals surface area contributed by atoms with E-state index >= 15 is 0 Å². The quantitative estimate of drug-likeness (QED) is 0.387. The number of pyridine rings is 1. The Morgan fingerprint density at radius 3 is 2.81 bits per heavy atom. The summed E-state index contributed by atoms with van der Waals surface area (Å²) < 4.78 is 17.5. The normalized spacial score (nSPS) is 19.8. The molecule has 1 aliphatic heterocycles. The third-order valence-electron chi connectivity index (χ3n) is 7.23. The van der Waals surface area contributed by atoms with Crippen molar-refractivity contribution in [3.05, 3.63) is 99.3 Å². The average molecular weight is 500 g/mol. The summed E-state index contributed by atoms with van der Waals surface area (Å²) in [5.41, 5.74) is 5.19. The van der Waals surface area contributed by atoms with Gasteiger partial charge in [-0.05, 0) is 71.1 Å². The van der Waals surface area contributed by atoms with Crippen molar-refractivity contribution in [1.29, 1.82) is 0 Å². The summed E-state index contributed by atoms with van der Waals surface area (Å²) in [5, 5.41) is 12.0. The molecule has 4 heterocycles. The van der Waals surface area contributed by atoms with Crippen LogP contribution in [-0.4, -0.2) is 34.7 Å². The van der Waals surface area contributed by atoms with Gasteiger partial charge in [0.15, 0.2) is 0 Å². The zero-order valence-electron chi connectivity index (χ0n) is 19.1. The third-order valence-corrected chi connectivity index (χ3v) is 7.46. The fourth-order valence-corrected chi connectivity index (χ4v) is 5.54. The summed E-state index contributed by atoms with van der Waals surface area (Å²) in [7, 11) is 0. The first-order chi connectivity index (χ1) is 17.5. The minimum Gasteiger partial charge on any atom is -0.340 e. The molecule has 3 unspecified atom stereocenters. The van der Waals surface area contributed by atoms with Crippen molar-refractivity contribution < 1.29 is 4.39 Å². The second kappa shape index (κ2) is 7.69. The molecule has 10 heteroatoms. The number of aryl methyl sites for hydroxylation is 1. The predicted octanol–water partition coefficient (Wildman–Crippen LogP) is 4.69. The highest BCUT2D eigenvalue weighted by atomic mass is 35.5. The molecule has 3 atom stereocenters. The lowest BCUT2D eigenvalue weighted by Gasteiger charge is -2.18. The number of tetrazole rings is 1. The third kappa shape index (κ3) is 3.23. The molecule has 8 nitrogen and oxygen atoms in total. The van der Waals surface area contributed by atoms with Gasteiger partial charge in [0.1, 0.15) is 18.0 Å². The molecule has 0 amide bonds. The van der Waals surface area contributed by atoms with E-state index in [4.69, 9.17) is 11.6 Å². The maximum atomic E-state index is 14.1. The Hall–Kier alpha value is -4.11. The Kier molecular flexibility index (Phi) is 4.53. The zero-order valence-corrected chi connectivity index (χ0v) is 19.8. The van der Waals surface area contributed by atoms with Crippen LogP contribution in [0.4, 0.5) is 4.39 Å². The molecule has 0 bridgehead atoms. The van der Waals surface area contributed by atoms with E-state index in [1.165, 1.54) is 12.4 Å². The number of halogens is 2. The van der Waals surface area contributed by atoms with E-state index in [1.807, 2.05) is 22.8 Å². The maximum absolute atomic E-state index is 14.1. The second-order valence-corrected chi connectivity index (χ2v) is 9.83. The smallest absolute Gasteiger partial charge is 0.252 e. The molecule has 0 saturated heterocycles. The van der Waals surface area contributed by atoms with Crippen molar-refractivity contribution in [2.24, 2.45) is 5.92 Å². The van der Waals surface area contributed by atoms with E-state index in [0.717, 1.165) is 40.2 Å². The zero-order chi connectivity index (χ0) is 24.6. The molecule has 0 spiro atoms. The van der Waals surface area contributed by atoms with Gasteiger partial charge in [0.25, 0.3) is 5.56 Å². The average Bonchev–Trinajstić information content (AvgIpc) is 3.22. The summed E-state index contributed by atoms with van der Waals surface area (Å²) in [6, 6.07) is 14.0. The van der Waals surface area contributed by atoms with Crippen molar-refractivity contribution in [3.63, 3.8) is 0 Å². The number of aromatic amines is 1. The summed E-state index contributed by atoms with van der Waals surface area (Å²) in [5.74, 6) is 1.02. The Morgan fingerprint density at radius 2 is 2.00 bits per heavy atom. The van der Waals surface area contributed by atoms with Crippen LogP contribution in [0.15, 0.2) is 65.8 Å². The first-order valence-corrected chi connectivity index (χ1v) is 12.0. The Labute approximate surface area is 209 Å². The largest absolute Gasteiger partial charge is 0.340 e. The van der Waals surface area contributed by atoms with Crippen LogP contribution >= 0.6 is 11.6 Å². The van der Waals surface area contributed by atoms with Gasteiger partial charge in [0.2, 0.25) is 0 Å². The van der Waals surface area contributed by atoms with Crippen LogP contribution in [0.5, 0.6) is 0 Å². The minimum atomic E-state index is -0.261. The van der Waals surface area contributed by atoms with Crippen molar-refractivity contribution in [1.82, 2.24) is 34.7 Å². The lowest BCUT2D eigenvalue weighted by molar-refractivity contribution is 0.514. The highest BCUT2D eigenvalue weighted by molar-refractivity contribution is 6.31. The van der Waals surface area contributed by atoms with E-state index in [-0.39, 0.29) is 23.3 Å². The van der Waals surface area contributed by atoms with Gasteiger partial charge in [0.05, 0.1) is 23.6 Å². The van der Waals surface area contributed by atoms with Crippen LogP contribution in [0, 0.1) is 18.7 Å². The number of imidazole rings is 1. The first kappa shape index (κ1) is 21.2. The summed E-state index contributed by atoms with van der Waals surface area (Å²) >= 11 is 6.32. The number of aromatic nitrogens is 7. The van der Waals surface area contributed by atoms with E-state index in [9.17, 15) is 9.18 Å². The fourth-order valence-electron chi connectivity index (χ4n) is 5.36. The standard InChI is InChI=1S/C26H19ClFN7O/c1-13-2-3-14(6-20(13)28)21-11-29-26(31-21)25-19-10-18(19)23-7-15(8-24(36)35(23)25)17-9-16(27)4-5-22(17)34-12-30-32-33-34/h2-9,11-12,18-19,25H,10H2,1H3,(H,29,31). The number of hydrogen-bond donors (Lipinski definition) is 1. The molecule has 1 fully saturated rings. The highest BCUT2D eigenvalue weighted by Gasteiger charge is 2.54. The van der Waals surface area contributed by atoms with Crippen LogP contribution in [0.3, 0.4) is 0 Å². The molecule has 2 aromatic carbocycles. The van der Waals surface area contributed by atoms with Crippen molar-refractivity contribution in [3.8, 4) is 28.1 Å². The molecule has 36 heavy (non-hydrogen) atoms. The van der Waals surface area contributed by atoms with E-state index < -0.39 is 0 Å². The monoisotopic (exact) mass is 499 g/mol. The Bertz CT molecular complexity index is 1710. The molecule has 7 rings (SSSR count). The molecule has 178 valence electrons. The van der Waals surface area contributed by atoms with Gasteiger partial charge in [-0.1, -0.05) is 23.7 Å². The molecular weight excluding hydrogens is 481 g/mol. The molecule has 1 N–H and O–H groups in total. The van der Waals surface area contributed by atoms with Crippen molar-refractivity contribution in [2.45, 2.75) is 25.3 Å². The number of nitrogens with one attached hydrogen (secondary N) is 1. The highest BCUT2D eigenvalue weighted by Crippen LogP contribution is 2.60. The molecule has 1 saturated carbocycles. The van der Waals surface area contributed by atoms with Crippen molar-refractivity contribution in [2.75, 3.05) is 0 Å². The van der Waals surface area contributed by atoms with Crippen LogP contribution in [0.2, 0.25) is 5.02 Å². The van der Waals surface area contributed by atoms with Gasteiger partial charge in [-0.3, -0.25) is 4.79 Å². The summed E-state index contributed by atoms with van der Waals surface area (Å²) in [4.78, 5) is 21.4. The van der Waals surface area contributed by atoms with Gasteiger partial charge in [-0.2, -0.15) is 4.68 Å². The Morgan fingerprint density at radius 1 is 1.11 bits per heavy atom. The lowest BCUT2D eigenvalue weighted by Crippen LogP contribution is -2.26.